The lowest BCUT2D eigenvalue weighted by molar-refractivity contribution is -0.0402. The van der Waals surface area contributed by atoms with E-state index in [0.717, 1.165) is 44.8 Å². The predicted octanol–water partition coefficient (Wildman–Crippen LogP) is 1.83. The first-order valence-corrected chi connectivity index (χ1v) is 8.27. The van der Waals surface area contributed by atoms with Crippen LogP contribution in [0.1, 0.15) is 45.3 Å². The largest absolute Gasteiger partial charge is 0.374 e. The van der Waals surface area contributed by atoms with Crippen molar-refractivity contribution < 1.29 is 4.74 Å². The van der Waals surface area contributed by atoms with Gasteiger partial charge in [-0.2, -0.15) is 5.10 Å². The first kappa shape index (κ1) is 16.5. The molecule has 1 aromatic heterocycles. The van der Waals surface area contributed by atoms with E-state index in [4.69, 9.17) is 10.5 Å². The highest BCUT2D eigenvalue weighted by Gasteiger charge is 2.26. The van der Waals surface area contributed by atoms with Crippen molar-refractivity contribution in [3.63, 3.8) is 0 Å². The molecule has 3 unspecified atom stereocenters. The number of nitrogens with two attached hydrogens (primary N) is 1. The fraction of sp³-hybridized carbons (Fsp3) is 0.812. The fourth-order valence-corrected chi connectivity index (χ4v) is 2.80. The number of rotatable bonds is 7. The molecule has 0 radical (unpaired) electrons. The summed E-state index contributed by atoms with van der Waals surface area (Å²) < 4.78 is 7.90. The zero-order chi connectivity index (χ0) is 15.2. The van der Waals surface area contributed by atoms with Gasteiger partial charge in [-0.25, -0.2) is 0 Å². The van der Waals surface area contributed by atoms with Crippen LogP contribution in [-0.2, 0) is 11.2 Å². The molecule has 1 aliphatic rings. The summed E-state index contributed by atoms with van der Waals surface area (Å²) in [6, 6.07) is 2.55. The van der Waals surface area contributed by atoms with Gasteiger partial charge in [-0.1, -0.05) is 13.8 Å². The van der Waals surface area contributed by atoms with Crippen molar-refractivity contribution >= 4 is 0 Å². The smallest absolute Gasteiger partial charge is 0.0857 e. The van der Waals surface area contributed by atoms with Gasteiger partial charge in [0, 0.05) is 37.8 Å². The Morgan fingerprint density at radius 1 is 1.48 bits per heavy atom. The maximum Gasteiger partial charge on any atom is 0.0857 e. The van der Waals surface area contributed by atoms with Crippen LogP contribution in [0.2, 0.25) is 0 Å². The Hall–Kier alpha value is -0.910. The Morgan fingerprint density at radius 2 is 2.29 bits per heavy atom. The maximum absolute atomic E-state index is 6.36. The van der Waals surface area contributed by atoms with Gasteiger partial charge < -0.3 is 10.5 Å². The Labute approximate surface area is 128 Å². The van der Waals surface area contributed by atoms with E-state index < -0.39 is 0 Å². The summed E-state index contributed by atoms with van der Waals surface area (Å²) in [6.07, 6.45) is 5.24. The number of aromatic nitrogens is 2. The van der Waals surface area contributed by atoms with Gasteiger partial charge >= 0.3 is 0 Å². The van der Waals surface area contributed by atoms with Crippen molar-refractivity contribution in [2.24, 2.45) is 5.73 Å². The van der Waals surface area contributed by atoms with E-state index in [-0.39, 0.29) is 12.1 Å². The van der Waals surface area contributed by atoms with Crippen LogP contribution in [0.3, 0.4) is 0 Å². The average molecular weight is 294 g/mol. The molecule has 0 aliphatic carbocycles. The maximum atomic E-state index is 6.36. The normalized spacial score (nSPS) is 23.1. The van der Waals surface area contributed by atoms with E-state index in [2.05, 4.69) is 43.0 Å². The molecule has 5 nitrogen and oxygen atoms in total. The molecule has 2 rings (SSSR count). The third-order valence-corrected chi connectivity index (χ3v) is 4.35. The predicted molar refractivity (Wildman–Crippen MR) is 85.4 cm³/mol. The summed E-state index contributed by atoms with van der Waals surface area (Å²) in [7, 11) is 0. The lowest BCUT2D eigenvalue weighted by Gasteiger charge is -2.35. The Bertz CT molecular complexity index is 418. The van der Waals surface area contributed by atoms with Crippen LogP contribution in [0.4, 0.5) is 0 Å². The molecule has 1 fully saturated rings. The van der Waals surface area contributed by atoms with E-state index in [0.29, 0.717) is 6.04 Å². The van der Waals surface area contributed by atoms with Crippen LogP contribution in [-0.4, -0.2) is 53.1 Å². The van der Waals surface area contributed by atoms with Gasteiger partial charge in [-0.05, 0) is 32.4 Å². The minimum absolute atomic E-state index is 0.0185. The number of nitrogens with zero attached hydrogens (tertiary/aromatic N) is 3. The number of hydrogen-bond donors (Lipinski definition) is 1. The molecule has 2 heterocycles. The molecule has 1 aromatic rings. The minimum atomic E-state index is 0.0185. The zero-order valence-electron chi connectivity index (χ0n) is 13.7. The monoisotopic (exact) mass is 294 g/mol. The molecule has 0 saturated carbocycles. The topological polar surface area (TPSA) is 56.3 Å². The van der Waals surface area contributed by atoms with Gasteiger partial charge in [-0.15, -0.1) is 0 Å². The molecule has 1 saturated heterocycles. The quantitative estimate of drug-likeness (QED) is 0.833. The Kier molecular flexibility index (Phi) is 6.21. The van der Waals surface area contributed by atoms with E-state index in [1.165, 1.54) is 6.42 Å². The van der Waals surface area contributed by atoms with Crippen molar-refractivity contribution in [3.05, 3.63) is 18.0 Å². The number of hydrogen-bond acceptors (Lipinski definition) is 4. The standard InChI is InChI=1S/C16H30N4O/c1-4-7-19-9-10-21-16(12-19)15(17)11-14-6-8-20(18-14)13(3)5-2/h6,8,13,15-16H,4-5,7,9-12,17H2,1-3H3. The summed E-state index contributed by atoms with van der Waals surface area (Å²) in [5.41, 5.74) is 7.42. The van der Waals surface area contributed by atoms with E-state index >= 15 is 0 Å². The first-order valence-electron chi connectivity index (χ1n) is 8.27. The summed E-state index contributed by atoms with van der Waals surface area (Å²) in [5.74, 6) is 0. The highest BCUT2D eigenvalue weighted by atomic mass is 16.5. The molecule has 3 atom stereocenters. The molecule has 1 aliphatic heterocycles. The van der Waals surface area contributed by atoms with Gasteiger partial charge in [0.05, 0.1) is 18.4 Å². The van der Waals surface area contributed by atoms with Crippen molar-refractivity contribution in [2.45, 2.75) is 58.2 Å². The SMILES string of the molecule is CCCN1CCOC(C(N)Cc2ccn(C(C)CC)n2)C1. The molecular weight excluding hydrogens is 264 g/mol. The van der Waals surface area contributed by atoms with Crippen molar-refractivity contribution in [1.29, 1.82) is 0 Å². The van der Waals surface area contributed by atoms with E-state index in [9.17, 15) is 0 Å². The molecule has 120 valence electrons. The van der Waals surface area contributed by atoms with Gasteiger partial charge in [0.25, 0.3) is 0 Å². The minimum Gasteiger partial charge on any atom is -0.374 e. The molecule has 0 amide bonds. The van der Waals surface area contributed by atoms with Crippen LogP contribution in [0.15, 0.2) is 12.3 Å². The molecule has 0 aromatic carbocycles. The van der Waals surface area contributed by atoms with Crippen molar-refractivity contribution in [2.75, 3.05) is 26.2 Å². The van der Waals surface area contributed by atoms with E-state index in [1.54, 1.807) is 0 Å². The van der Waals surface area contributed by atoms with Crippen molar-refractivity contribution in [3.8, 4) is 0 Å². The number of morpholine rings is 1. The van der Waals surface area contributed by atoms with Gasteiger partial charge in [0.1, 0.15) is 0 Å². The van der Waals surface area contributed by atoms with Gasteiger partial charge in [-0.3, -0.25) is 9.58 Å². The van der Waals surface area contributed by atoms with Crippen LogP contribution in [0, 0.1) is 0 Å². The summed E-state index contributed by atoms with van der Waals surface area (Å²) in [6.45, 7) is 10.5. The third-order valence-electron chi connectivity index (χ3n) is 4.35. The van der Waals surface area contributed by atoms with Crippen LogP contribution < -0.4 is 5.73 Å². The molecule has 0 bridgehead atoms. The molecule has 0 spiro atoms. The average Bonchev–Trinajstić information content (AvgIpc) is 2.95. The highest BCUT2D eigenvalue weighted by molar-refractivity contribution is 5.03. The third kappa shape index (κ3) is 4.53. The lowest BCUT2D eigenvalue weighted by Crippen LogP contribution is -2.51. The van der Waals surface area contributed by atoms with Crippen LogP contribution >= 0.6 is 0 Å². The summed E-state index contributed by atoms with van der Waals surface area (Å²) in [4.78, 5) is 2.45. The lowest BCUT2D eigenvalue weighted by atomic mass is 10.0. The number of ether oxygens (including phenoxy) is 1. The Balaban J connectivity index is 1.88. The molecule has 21 heavy (non-hydrogen) atoms. The van der Waals surface area contributed by atoms with Gasteiger partial charge in [0.2, 0.25) is 0 Å². The summed E-state index contributed by atoms with van der Waals surface area (Å²) >= 11 is 0. The first-order chi connectivity index (χ1) is 10.1. The molecule has 2 N–H and O–H groups in total. The fourth-order valence-electron chi connectivity index (χ4n) is 2.80. The highest BCUT2D eigenvalue weighted by Crippen LogP contribution is 2.14. The molecular formula is C16H30N4O. The van der Waals surface area contributed by atoms with Crippen LogP contribution in [0.25, 0.3) is 0 Å². The van der Waals surface area contributed by atoms with Crippen LogP contribution in [0.5, 0.6) is 0 Å². The Morgan fingerprint density at radius 3 is 3.00 bits per heavy atom. The second-order valence-corrected chi connectivity index (χ2v) is 6.12. The van der Waals surface area contributed by atoms with E-state index in [1.807, 2.05) is 4.68 Å². The van der Waals surface area contributed by atoms with Gasteiger partial charge in [0.15, 0.2) is 0 Å². The zero-order valence-corrected chi connectivity index (χ0v) is 13.7. The summed E-state index contributed by atoms with van der Waals surface area (Å²) in [5, 5.41) is 4.64. The second kappa shape index (κ2) is 7.92. The molecule has 5 heteroatoms. The second-order valence-electron chi connectivity index (χ2n) is 6.12. The van der Waals surface area contributed by atoms with Crippen molar-refractivity contribution in [1.82, 2.24) is 14.7 Å².